The molecule has 1 heterocycles. The van der Waals surface area contributed by atoms with Gasteiger partial charge in [-0.3, -0.25) is 4.79 Å². The largest absolute Gasteiger partial charge is 0.481 e. The van der Waals surface area contributed by atoms with E-state index in [0.29, 0.717) is 5.88 Å². The van der Waals surface area contributed by atoms with Gasteiger partial charge in [-0.05, 0) is 31.4 Å². The summed E-state index contributed by atoms with van der Waals surface area (Å²) in [7, 11) is 1.59. The van der Waals surface area contributed by atoms with Crippen LogP contribution >= 0.6 is 0 Å². The van der Waals surface area contributed by atoms with Crippen molar-refractivity contribution in [2.75, 3.05) is 7.11 Å². The Labute approximate surface area is 101 Å². The first-order valence-electron chi connectivity index (χ1n) is 5.80. The molecular formula is C13H17NO3. The van der Waals surface area contributed by atoms with Crippen LogP contribution in [0.1, 0.15) is 36.8 Å². The smallest absolute Gasteiger partial charge is 0.304 e. The average Bonchev–Trinajstić information content (AvgIpc) is 2.23. The molecule has 2 rings (SSSR count). The van der Waals surface area contributed by atoms with Crippen LogP contribution in [-0.2, 0) is 10.2 Å². The van der Waals surface area contributed by atoms with Gasteiger partial charge in [0.25, 0.3) is 0 Å². The minimum Gasteiger partial charge on any atom is -0.481 e. The van der Waals surface area contributed by atoms with Gasteiger partial charge in [-0.1, -0.05) is 6.42 Å². The molecular weight excluding hydrogens is 218 g/mol. The Morgan fingerprint density at radius 3 is 2.71 bits per heavy atom. The molecule has 1 aromatic heterocycles. The standard InChI is InChI=1S/C13H17NO3/c1-9-6-10(8-14-12(9)17-2)13(4-3-5-13)7-11(15)16/h6,8H,3-5,7H2,1-2H3,(H,15,16). The summed E-state index contributed by atoms with van der Waals surface area (Å²) in [4.78, 5) is 15.2. The molecule has 0 aromatic carbocycles. The molecule has 1 fully saturated rings. The number of pyridine rings is 1. The van der Waals surface area contributed by atoms with E-state index in [1.165, 1.54) is 0 Å². The lowest BCUT2D eigenvalue weighted by molar-refractivity contribution is -0.139. The van der Waals surface area contributed by atoms with Crippen molar-refractivity contribution < 1.29 is 14.6 Å². The molecule has 1 aliphatic carbocycles. The maximum Gasteiger partial charge on any atom is 0.304 e. The third kappa shape index (κ3) is 2.12. The summed E-state index contributed by atoms with van der Waals surface area (Å²) in [6.07, 6.45) is 4.92. The Hall–Kier alpha value is -1.58. The lowest BCUT2D eigenvalue weighted by atomic mass is 9.63. The first kappa shape index (κ1) is 11.9. The van der Waals surface area contributed by atoms with Crippen LogP contribution < -0.4 is 4.74 Å². The Kier molecular flexibility index (Phi) is 3.05. The average molecular weight is 235 g/mol. The number of carbonyl (C=O) groups is 1. The fourth-order valence-electron chi connectivity index (χ4n) is 2.53. The molecule has 0 unspecified atom stereocenters. The van der Waals surface area contributed by atoms with E-state index in [0.717, 1.165) is 30.4 Å². The van der Waals surface area contributed by atoms with Gasteiger partial charge in [-0.25, -0.2) is 4.98 Å². The molecule has 1 aromatic rings. The summed E-state index contributed by atoms with van der Waals surface area (Å²) in [6, 6.07) is 2.01. The Balaban J connectivity index is 2.31. The second kappa shape index (κ2) is 4.35. The molecule has 0 spiro atoms. The van der Waals surface area contributed by atoms with Crippen molar-refractivity contribution in [1.82, 2.24) is 4.98 Å². The number of hydrogen-bond donors (Lipinski definition) is 1. The Morgan fingerprint density at radius 1 is 1.59 bits per heavy atom. The molecule has 1 N–H and O–H groups in total. The Morgan fingerprint density at radius 2 is 2.29 bits per heavy atom. The van der Waals surface area contributed by atoms with Gasteiger partial charge in [-0.15, -0.1) is 0 Å². The zero-order valence-corrected chi connectivity index (χ0v) is 10.2. The summed E-state index contributed by atoms with van der Waals surface area (Å²) >= 11 is 0. The van der Waals surface area contributed by atoms with Crippen LogP contribution in [0.3, 0.4) is 0 Å². The minimum absolute atomic E-state index is 0.195. The van der Waals surface area contributed by atoms with Crippen LogP contribution in [-0.4, -0.2) is 23.2 Å². The van der Waals surface area contributed by atoms with E-state index in [1.54, 1.807) is 13.3 Å². The maximum atomic E-state index is 10.9. The van der Waals surface area contributed by atoms with Gasteiger partial charge in [-0.2, -0.15) is 0 Å². The third-order valence-electron chi connectivity index (χ3n) is 3.64. The van der Waals surface area contributed by atoms with Gasteiger partial charge in [0.05, 0.1) is 13.5 Å². The number of aliphatic carboxylic acids is 1. The highest BCUT2D eigenvalue weighted by Crippen LogP contribution is 2.46. The van der Waals surface area contributed by atoms with E-state index >= 15 is 0 Å². The SMILES string of the molecule is COc1ncc(C2(CC(=O)O)CCC2)cc1C. The van der Waals surface area contributed by atoms with Crippen molar-refractivity contribution in [3.05, 3.63) is 23.4 Å². The summed E-state index contributed by atoms with van der Waals surface area (Å²) in [5.74, 6) is -0.128. The van der Waals surface area contributed by atoms with E-state index in [4.69, 9.17) is 9.84 Å². The van der Waals surface area contributed by atoms with Crippen LogP contribution in [0.25, 0.3) is 0 Å². The predicted molar refractivity (Wildman–Crippen MR) is 63.3 cm³/mol. The molecule has 0 amide bonds. The van der Waals surface area contributed by atoms with Gasteiger partial charge in [0.2, 0.25) is 5.88 Å². The van der Waals surface area contributed by atoms with Gasteiger partial charge in [0.15, 0.2) is 0 Å². The maximum absolute atomic E-state index is 10.9. The van der Waals surface area contributed by atoms with E-state index in [1.807, 2.05) is 13.0 Å². The molecule has 0 aliphatic heterocycles. The van der Waals surface area contributed by atoms with E-state index in [-0.39, 0.29) is 11.8 Å². The molecule has 1 aliphatic rings. The molecule has 0 atom stereocenters. The first-order chi connectivity index (χ1) is 8.07. The van der Waals surface area contributed by atoms with Crippen LogP contribution in [0.4, 0.5) is 0 Å². The van der Waals surface area contributed by atoms with Crippen LogP contribution in [0, 0.1) is 6.92 Å². The van der Waals surface area contributed by atoms with E-state index < -0.39 is 5.97 Å². The molecule has 0 saturated heterocycles. The number of carboxylic acid groups (broad SMARTS) is 1. The summed E-state index contributed by atoms with van der Waals surface area (Å²) in [5.41, 5.74) is 1.79. The van der Waals surface area contributed by atoms with Gasteiger partial charge in [0, 0.05) is 17.2 Å². The minimum atomic E-state index is -0.738. The van der Waals surface area contributed by atoms with Crippen molar-refractivity contribution in [2.24, 2.45) is 0 Å². The molecule has 0 bridgehead atoms. The molecule has 4 heteroatoms. The molecule has 17 heavy (non-hydrogen) atoms. The second-order valence-electron chi connectivity index (χ2n) is 4.75. The monoisotopic (exact) mass is 235 g/mol. The molecule has 1 saturated carbocycles. The summed E-state index contributed by atoms with van der Waals surface area (Å²) in [6.45, 7) is 1.93. The topological polar surface area (TPSA) is 59.4 Å². The van der Waals surface area contributed by atoms with Crippen molar-refractivity contribution in [2.45, 2.75) is 38.0 Å². The van der Waals surface area contributed by atoms with Gasteiger partial charge in [0.1, 0.15) is 0 Å². The highest BCUT2D eigenvalue weighted by atomic mass is 16.5. The van der Waals surface area contributed by atoms with Crippen LogP contribution in [0.15, 0.2) is 12.3 Å². The van der Waals surface area contributed by atoms with E-state index in [9.17, 15) is 4.79 Å². The highest BCUT2D eigenvalue weighted by molar-refractivity contribution is 5.69. The zero-order valence-electron chi connectivity index (χ0n) is 10.2. The third-order valence-corrected chi connectivity index (χ3v) is 3.64. The molecule has 0 radical (unpaired) electrons. The lowest BCUT2D eigenvalue weighted by Gasteiger charge is -2.41. The number of methoxy groups -OCH3 is 1. The molecule has 4 nitrogen and oxygen atoms in total. The number of aromatic nitrogens is 1. The molecule has 92 valence electrons. The number of nitrogens with zero attached hydrogens (tertiary/aromatic N) is 1. The highest BCUT2D eigenvalue weighted by Gasteiger charge is 2.41. The van der Waals surface area contributed by atoms with Crippen molar-refractivity contribution in [1.29, 1.82) is 0 Å². The van der Waals surface area contributed by atoms with Crippen molar-refractivity contribution >= 4 is 5.97 Å². The number of carboxylic acids is 1. The number of ether oxygens (including phenoxy) is 1. The van der Waals surface area contributed by atoms with Crippen molar-refractivity contribution in [3.8, 4) is 5.88 Å². The lowest BCUT2D eigenvalue weighted by Crippen LogP contribution is -2.36. The number of hydrogen-bond acceptors (Lipinski definition) is 3. The van der Waals surface area contributed by atoms with Crippen molar-refractivity contribution in [3.63, 3.8) is 0 Å². The quantitative estimate of drug-likeness (QED) is 0.869. The normalized spacial score (nSPS) is 17.3. The predicted octanol–water partition coefficient (Wildman–Crippen LogP) is 2.30. The van der Waals surface area contributed by atoms with Crippen LogP contribution in [0.5, 0.6) is 5.88 Å². The second-order valence-corrected chi connectivity index (χ2v) is 4.75. The van der Waals surface area contributed by atoms with Gasteiger partial charge < -0.3 is 9.84 Å². The van der Waals surface area contributed by atoms with E-state index in [2.05, 4.69) is 4.98 Å². The Bertz CT molecular complexity index is 438. The summed E-state index contributed by atoms with van der Waals surface area (Å²) < 4.78 is 5.12. The zero-order chi connectivity index (χ0) is 12.5. The first-order valence-corrected chi connectivity index (χ1v) is 5.80. The van der Waals surface area contributed by atoms with Gasteiger partial charge >= 0.3 is 5.97 Å². The number of rotatable bonds is 4. The summed E-state index contributed by atoms with van der Waals surface area (Å²) in [5, 5.41) is 9.00. The fourth-order valence-corrected chi connectivity index (χ4v) is 2.53. The van der Waals surface area contributed by atoms with Crippen LogP contribution in [0.2, 0.25) is 0 Å². The number of aryl methyl sites for hydroxylation is 1. The fraction of sp³-hybridized carbons (Fsp3) is 0.538.